The largest absolute Gasteiger partial charge is 0.392 e. The highest BCUT2D eigenvalue weighted by Gasteiger charge is 2.38. The van der Waals surface area contributed by atoms with E-state index in [1.54, 1.807) is 6.92 Å². The van der Waals surface area contributed by atoms with Crippen LogP contribution in [0.15, 0.2) is 0 Å². The molecule has 0 spiro atoms. The third kappa shape index (κ3) is 3.46. The minimum Gasteiger partial charge on any atom is -0.392 e. The fraction of sp³-hybridized carbons (Fsp3) is 0.917. The minimum atomic E-state index is -0.468. The summed E-state index contributed by atoms with van der Waals surface area (Å²) in [4.78, 5) is 12.2. The predicted octanol–water partition coefficient (Wildman–Crippen LogP) is 0.653. The monoisotopic (exact) mass is 228 g/mol. The van der Waals surface area contributed by atoms with Crippen LogP contribution in [0, 0.1) is 5.41 Å². The van der Waals surface area contributed by atoms with E-state index in [2.05, 4.69) is 17.6 Å². The molecule has 3 N–H and O–H groups in total. The molecule has 4 nitrogen and oxygen atoms in total. The fourth-order valence-electron chi connectivity index (χ4n) is 2.40. The Hall–Kier alpha value is -0.610. The first kappa shape index (κ1) is 13.5. The van der Waals surface area contributed by atoms with Crippen molar-refractivity contribution >= 4 is 5.91 Å². The van der Waals surface area contributed by atoms with Crippen molar-refractivity contribution in [2.75, 3.05) is 19.6 Å². The van der Waals surface area contributed by atoms with Crippen molar-refractivity contribution in [3.63, 3.8) is 0 Å². The molecule has 1 amide bonds. The van der Waals surface area contributed by atoms with E-state index in [0.29, 0.717) is 6.54 Å². The van der Waals surface area contributed by atoms with Crippen LogP contribution in [0.4, 0.5) is 0 Å². The molecule has 0 radical (unpaired) electrons. The summed E-state index contributed by atoms with van der Waals surface area (Å²) in [6.07, 6.45) is 3.32. The van der Waals surface area contributed by atoms with Gasteiger partial charge in [-0.1, -0.05) is 13.3 Å². The lowest BCUT2D eigenvalue weighted by Gasteiger charge is -2.36. The average molecular weight is 228 g/mol. The zero-order chi connectivity index (χ0) is 12.0. The first-order chi connectivity index (χ1) is 7.60. The number of piperidine rings is 1. The van der Waals surface area contributed by atoms with Crippen LogP contribution in [0.1, 0.15) is 39.5 Å². The standard InChI is InChI=1S/C12H24N2O2/c1-3-4-12(5-7-13-8-6-12)11(16)14-9-10(2)15/h10,13,15H,3-9H2,1-2H3,(H,14,16)/t10-/m0/s1. The van der Waals surface area contributed by atoms with Crippen molar-refractivity contribution in [3.8, 4) is 0 Å². The van der Waals surface area contributed by atoms with Gasteiger partial charge < -0.3 is 15.7 Å². The fourth-order valence-corrected chi connectivity index (χ4v) is 2.40. The van der Waals surface area contributed by atoms with Gasteiger partial charge in [0.15, 0.2) is 0 Å². The quantitative estimate of drug-likeness (QED) is 0.647. The van der Waals surface area contributed by atoms with Gasteiger partial charge in [-0.2, -0.15) is 0 Å². The van der Waals surface area contributed by atoms with Gasteiger partial charge >= 0.3 is 0 Å². The molecule has 16 heavy (non-hydrogen) atoms. The second kappa shape index (κ2) is 6.21. The number of hydrogen-bond acceptors (Lipinski definition) is 3. The molecule has 0 aromatic heterocycles. The van der Waals surface area contributed by atoms with Gasteiger partial charge in [0.2, 0.25) is 5.91 Å². The van der Waals surface area contributed by atoms with Gasteiger partial charge in [0.25, 0.3) is 0 Å². The Morgan fingerprint density at radius 3 is 2.62 bits per heavy atom. The third-order valence-corrected chi connectivity index (χ3v) is 3.33. The van der Waals surface area contributed by atoms with E-state index in [1.807, 2.05) is 0 Å². The van der Waals surface area contributed by atoms with E-state index >= 15 is 0 Å². The van der Waals surface area contributed by atoms with Gasteiger partial charge in [0.05, 0.1) is 11.5 Å². The molecule has 4 heteroatoms. The molecule has 0 saturated carbocycles. The Bertz CT molecular complexity index is 218. The van der Waals surface area contributed by atoms with E-state index < -0.39 is 6.10 Å². The summed E-state index contributed by atoms with van der Waals surface area (Å²) >= 11 is 0. The second-order valence-corrected chi connectivity index (χ2v) is 4.84. The Kier molecular flexibility index (Phi) is 5.22. The Balaban J connectivity index is 2.57. The maximum absolute atomic E-state index is 12.2. The first-order valence-electron chi connectivity index (χ1n) is 6.28. The lowest BCUT2D eigenvalue weighted by atomic mass is 9.74. The zero-order valence-corrected chi connectivity index (χ0v) is 10.4. The summed E-state index contributed by atoms with van der Waals surface area (Å²) in [5.74, 6) is 0.122. The van der Waals surface area contributed by atoms with Crippen LogP contribution in [-0.2, 0) is 4.79 Å². The van der Waals surface area contributed by atoms with E-state index in [9.17, 15) is 9.90 Å². The van der Waals surface area contributed by atoms with E-state index in [4.69, 9.17) is 0 Å². The Morgan fingerprint density at radius 1 is 1.50 bits per heavy atom. The molecular weight excluding hydrogens is 204 g/mol. The molecular formula is C12H24N2O2. The van der Waals surface area contributed by atoms with Gasteiger partial charge in [-0.05, 0) is 39.3 Å². The van der Waals surface area contributed by atoms with Crippen molar-refractivity contribution in [2.24, 2.45) is 5.41 Å². The normalized spacial score (nSPS) is 21.4. The van der Waals surface area contributed by atoms with Crippen LogP contribution < -0.4 is 10.6 Å². The van der Waals surface area contributed by atoms with E-state index in [0.717, 1.165) is 38.8 Å². The number of nitrogens with one attached hydrogen (secondary N) is 2. The number of carbonyl (C=O) groups is 1. The van der Waals surface area contributed by atoms with Crippen LogP contribution in [0.25, 0.3) is 0 Å². The summed E-state index contributed by atoms with van der Waals surface area (Å²) < 4.78 is 0. The lowest BCUT2D eigenvalue weighted by molar-refractivity contribution is -0.133. The van der Waals surface area contributed by atoms with Gasteiger partial charge in [0, 0.05) is 6.54 Å². The molecule has 1 heterocycles. The number of carbonyl (C=O) groups excluding carboxylic acids is 1. The number of rotatable bonds is 5. The van der Waals surface area contributed by atoms with Gasteiger partial charge in [-0.25, -0.2) is 0 Å². The number of hydrogen-bond donors (Lipinski definition) is 3. The molecule has 0 aliphatic carbocycles. The Labute approximate surface area is 97.8 Å². The van der Waals surface area contributed by atoms with Crippen LogP contribution in [0.2, 0.25) is 0 Å². The average Bonchev–Trinajstić information content (AvgIpc) is 2.27. The van der Waals surface area contributed by atoms with E-state index in [-0.39, 0.29) is 11.3 Å². The third-order valence-electron chi connectivity index (χ3n) is 3.33. The van der Waals surface area contributed by atoms with Crippen LogP contribution in [-0.4, -0.2) is 36.8 Å². The Morgan fingerprint density at radius 2 is 2.12 bits per heavy atom. The van der Waals surface area contributed by atoms with Crippen LogP contribution >= 0.6 is 0 Å². The maximum Gasteiger partial charge on any atom is 0.226 e. The molecule has 0 bridgehead atoms. The summed E-state index contributed by atoms with van der Waals surface area (Å²) in [5.41, 5.74) is -0.200. The van der Waals surface area contributed by atoms with E-state index in [1.165, 1.54) is 0 Å². The number of aliphatic hydroxyl groups is 1. The zero-order valence-electron chi connectivity index (χ0n) is 10.4. The minimum absolute atomic E-state index is 0.122. The molecule has 0 unspecified atom stereocenters. The summed E-state index contributed by atoms with van der Waals surface area (Å²) in [6, 6.07) is 0. The van der Waals surface area contributed by atoms with Crippen molar-refractivity contribution in [1.82, 2.24) is 10.6 Å². The maximum atomic E-state index is 12.2. The topological polar surface area (TPSA) is 61.4 Å². The van der Waals surface area contributed by atoms with Crippen LogP contribution in [0.5, 0.6) is 0 Å². The van der Waals surface area contributed by atoms with Gasteiger partial charge in [0.1, 0.15) is 0 Å². The molecule has 94 valence electrons. The van der Waals surface area contributed by atoms with Gasteiger partial charge in [-0.15, -0.1) is 0 Å². The highest BCUT2D eigenvalue weighted by Crippen LogP contribution is 2.34. The molecule has 1 aliphatic heterocycles. The van der Waals surface area contributed by atoms with Crippen molar-refractivity contribution in [3.05, 3.63) is 0 Å². The summed E-state index contributed by atoms with van der Waals surface area (Å²) in [7, 11) is 0. The highest BCUT2D eigenvalue weighted by molar-refractivity contribution is 5.82. The highest BCUT2D eigenvalue weighted by atomic mass is 16.3. The SMILES string of the molecule is CCCC1(C(=O)NC[C@H](C)O)CCNCC1. The lowest BCUT2D eigenvalue weighted by Crippen LogP contribution is -2.48. The molecule has 1 aliphatic rings. The molecule has 1 fully saturated rings. The van der Waals surface area contributed by atoms with Crippen molar-refractivity contribution in [2.45, 2.75) is 45.6 Å². The number of amides is 1. The molecule has 1 saturated heterocycles. The second-order valence-electron chi connectivity index (χ2n) is 4.84. The molecule has 0 aromatic rings. The molecule has 0 aromatic carbocycles. The predicted molar refractivity (Wildman–Crippen MR) is 64.1 cm³/mol. The van der Waals surface area contributed by atoms with Gasteiger partial charge in [-0.3, -0.25) is 4.79 Å². The summed E-state index contributed by atoms with van der Waals surface area (Å²) in [6.45, 7) is 6.00. The smallest absolute Gasteiger partial charge is 0.226 e. The number of aliphatic hydroxyl groups excluding tert-OH is 1. The molecule has 1 rings (SSSR count). The van der Waals surface area contributed by atoms with Crippen LogP contribution in [0.3, 0.4) is 0 Å². The first-order valence-corrected chi connectivity index (χ1v) is 6.28. The summed E-state index contributed by atoms with van der Waals surface area (Å²) in [5, 5.41) is 15.3. The molecule has 1 atom stereocenters. The van der Waals surface area contributed by atoms with Crippen molar-refractivity contribution < 1.29 is 9.90 Å². The van der Waals surface area contributed by atoms with Crippen molar-refractivity contribution in [1.29, 1.82) is 0 Å².